The smallest absolute Gasteiger partial charge is 0.0652 e. The van der Waals surface area contributed by atoms with E-state index in [0.717, 1.165) is 22.9 Å². The molecule has 0 heterocycles. The maximum atomic E-state index is 5.48. The van der Waals surface area contributed by atoms with Crippen LogP contribution in [0, 0.1) is 28.6 Å². The molecule has 0 spiro atoms. The minimum absolute atomic E-state index is 0.612. The Labute approximate surface area is 135 Å². The quantitative estimate of drug-likeness (QED) is 0.533. The first-order valence-electron chi connectivity index (χ1n) is 8.08. The molecule has 0 N–H and O–H groups in total. The lowest BCUT2D eigenvalue weighted by Crippen LogP contribution is -2.56. The van der Waals surface area contributed by atoms with Crippen molar-refractivity contribution in [2.24, 2.45) is 17.3 Å². The third kappa shape index (κ3) is 2.47. The van der Waals surface area contributed by atoms with Crippen LogP contribution in [0.5, 0.6) is 0 Å². The van der Waals surface area contributed by atoms with Crippen LogP contribution in [0.2, 0.25) is 18.6 Å². The number of rotatable bonds is 2. The van der Waals surface area contributed by atoms with Gasteiger partial charge in [0.05, 0.1) is 8.07 Å². The summed E-state index contributed by atoms with van der Waals surface area (Å²) < 4.78 is 0. The van der Waals surface area contributed by atoms with E-state index in [0.29, 0.717) is 5.41 Å². The van der Waals surface area contributed by atoms with E-state index in [9.17, 15) is 0 Å². The van der Waals surface area contributed by atoms with Crippen LogP contribution in [0.1, 0.15) is 38.7 Å². The Morgan fingerprint density at radius 3 is 2.10 bits per heavy atom. The molecule has 3 saturated carbocycles. The molecule has 3 atom stereocenters. The summed E-state index contributed by atoms with van der Waals surface area (Å²) in [4.78, 5) is 0. The third-order valence-corrected chi connectivity index (χ3v) is 11.1. The normalized spacial score (nSPS) is 30.0. The molecule has 0 aliphatic heterocycles. The van der Waals surface area contributed by atoms with Crippen LogP contribution in [0.25, 0.3) is 0 Å². The molecule has 1 aromatic rings. The lowest BCUT2D eigenvalue weighted by molar-refractivity contribution is -0.0653. The van der Waals surface area contributed by atoms with Gasteiger partial charge < -0.3 is 0 Å². The summed E-state index contributed by atoms with van der Waals surface area (Å²) in [5.41, 5.74) is 2.58. The van der Waals surface area contributed by atoms with Crippen molar-refractivity contribution >= 4 is 24.9 Å². The molecule has 21 heavy (non-hydrogen) atoms. The average molecular weight is 317 g/mol. The highest BCUT2D eigenvalue weighted by Crippen LogP contribution is 2.63. The summed E-state index contributed by atoms with van der Waals surface area (Å²) in [6.07, 6.45) is 4.39. The van der Waals surface area contributed by atoms with Crippen LogP contribution in [-0.2, 0) is 0 Å². The molecule has 0 nitrogen and oxygen atoms in total. The SMILES string of the molecule is CC1(C)[C@@H]2CC([Si](C)(C)c3ccc(C#CCl)cc3)C[C@H]1C2. The van der Waals surface area contributed by atoms with Crippen LogP contribution < -0.4 is 5.19 Å². The van der Waals surface area contributed by atoms with Crippen molar-refractivity contribution in [3.8, 4) is 11.3 Å². The Balaban J connectivity index is 1.79. The fraction of sp³-hybridized carbons (Fsp3) is 0.579. The predicted octanol–water partition coefficient (Wildman–Crippen LogP) is 4.98. The minimum Gasteiger partial charge on any atom is -0.0652 e. The van der Waals surface area contributed by atoms with Crippen molar-refractivity contribution in [2.45, 2.75) is 51.7 Å². The maximum Gasteiger partial charge on any atom is 0.0837 e. The fourth-order valence-electron chi connectivity index (χ4n) is 4.57. The Bertz CT molecular complexity index is 574. The van der Waals surface area contributed by atoms with Crippen molar-refractivity contribution < 1.29 is 0 Å². The van der Waals surface area contributed by atoms with Gasteiger partial charge in [-0.15, -0.1) is 0 Å². The zero-order chi connectivity index (χ0) is 15.3. The molecule has 4 rings (SSSR count). The molecule has 0 saturated heterocycles. The topological polar surface area (TPSA) is 0 Å². The van der Waals surface area contributed by atoms with Gasteiger partial charge in [0.25, 0.3) is 0 Å². The second-order valence-corrected chi connectivity index (χ2v) is 13.2. The van der Waals surface area contributed by atoms with Gasteiger partial charge in [-0.25, -0.2) is 0 Å². The van der Waals surface area contributed by atoms with Crippen molar-refractivity contribution in [3.63, 3.8) is 0 Å². The molecule has 1 unspecified atom stereocenters. The van der Waals surface area contributed by atoms with Crippen molar-refractivity contribution in [1.82, 2.24) is 0 Å². The molecule has 112 valence electrons. The number of hydrogen-bond acceptors (Lipinski definition) is 0. The summed E-state index contributed by atoms with van der Waals surface area (Å²) in [5, 5.41) is 4.04. The lowest BCUT2D eigenvalue weighted by atomic mass is 9.49. The zero-order valence-corrected chi connectivity index (χ0v) is 15.3. The van der Waals surface area contributed by atoms with E-state index in [1.807, 2.05) is 0 Å². The average Bonchev–Trinajstić information content (AvgIpc) is 2.48. The predicted molar refractivity (Wildman–Crippen MR) is 94.7 cm³/mol. The minimum atomic E-state index is -1.38. The molecule has 0 radical (unpaired) electrons. The Kier molecular flexibility index (Phi) is 3.75. The van der Waals surface area contributed by atoms with Crippen molar-refractivity contribution in [2.75, 3.05) is 0 Å². The molecule has 2 bridgehead atoms. The summed E-state index contributed by atoms with van der Waals surface area (Å²) in [7, 11) is -1.38. The van der Waals surface area contributed by atoms with Crippen LogP contribution in [-0.4, -0.2) is 8.07 Å². The highest BCUT2D eigenvalue weighted by Gasteiger charge is 2.55. The van der Waals surface area contributed by atoms with E-state index in [1.165, 1.54) is 19.3 Å². The van der Waals surface area contributed by atoms with Crippen LogP contribution in [0.3, 0.4) is 0 Å². The molecule has 2 heteroatoms. The first kappa shape index (κ1) is 15.2. The van der Waals surface area contributed by atoms with Gasteiger partial charge in [-0.3, -0.25) is 0 Å². The molecule has 3 aliphatic carbocycles. The second-order valence-electron chi connectivity index (χ2n) is 8.14. The number of halogens is 1. The fourth-order valence-corrected chi connectivity index (χ4v) is 7.92. The van der Waals surface area contributed by atoms with Crippen molar-refractivity contribution in [3.05, 3.63) is 29.8 Å². The molecule has 3 fully saturated rings. The van der Waals surface area contributed by atoms with E-state index < -0.39 is 8.07 Å². The van der Waals surface area contributed by atoms with Gasteiger partial charge in [0.1, 0.15) is 0 Å². The lowest BCUT2D eigenvalue weighted by Gasteiger charge is -2.61. The van der Waals surface area contributed by atoms with Gasteiger partial charge in [0.15, 0.2) is 0 Å². The molecule has 0 amide bonds. The second kappa shape index (κ2) is 5.18. The number of hydrogen-bond donors (Lipinski definition) is 0. The molecule has 1 aromatic carbocycles. The highest BCUT2D eigenvalue weighted by atomic mass is 35.5. The number of fused-ring (bicyclic) bond motifs is 2. The van der Waals surface area contributed by atoms with E-state index in [4.69, 9.17) is 11.6 Å². The summed E-state index contributed by atoms with van der Waals surface area (Å²) in [5.74, 6) is 4.86. The van der Waals surface area contributed by atoms with Gasteiger partial charge >= 0.3 is 0 Å². The maximum absolute atomic E-state index is 5.48. The number of benzene rings is 1. The largest absolute Gasteiger partial charge is 0.0837 e. The summed E-state index contributed by atoms with van der Waals surface area (Å²) in [6, 6.07) is 8.86. The first-order valence-corrected chi connectivity index (χ1v) is 11.5. The summed E-state index contributed by atoms with van der Waals surface area (Å²) in [6.45, 7) is 10.1. The van der Waals surface area contributed by atoms with Crippen LogP contribution in [0.15, 0.2) is 24.3 Å². The van der Waals surface area contributed by atoms with E-state index >= 15 is 0 Å². The van der Waals surface area contributed by atoms with Crippen molar-refractivity contribution in [1.29, 1.82) is 0 Å². The van der Waals surface area contributed by atoms with Crippen LogP contribution >= 0.6 is 11.6 Å². The van der Waals surface area contributed by atoms with Gasteiger partial charge in [0.2, 0.25) is 0 Å². The summed E-state index contributed by atoms with van der Waals surface area (Å²) >= 11 is 5.48. The molecule has 3 aliphatic rings. The van der Waals surface area contributed by atoms with E-state index in [2.05, 4.69) is 62.5 Å². The highest BCUT2D eigenvalue weighted by molar-refractivity contribution is 6.91. The van der Waals surface area contributed by atoms with E-state index in [-0.39, 0.29) is 0 Å². The van der Waals surface area contributed by atoms with Gasteiger partial charge in [-0.05, 0) is 71.7 Å². The Morgan fingerprint density at radius 2 is 1.62 bits per heavy atom. The van der Waals surface area contributed by atoms with Gasteiger partial charge in [-0.2, -0.15) is 0 Å². The monoisotopic (exact) mass is 316 g/mol. The molecular weight excluding hydrogens is 292 g/mol. The van der Waals surface area contributed by atoms with Gasteiger partial charge in [0, 0.05) is 10.9 Å². The third-order valence-electron chi connectivity index (χ3n) is 6.65. The standard InChI is InChI=1S/C19H25ClSi/c1-19(2)15-11-16(19)13-18(12-15)21(3,4)17-7-5-14(6-8-17)9-10-20/h5-8,15-16,18H,11-13H2,1-4H3/t15-,16+,18?. The van der Waals surface area contributed by atoms with Gasteiger partial charge in [-0.1, -0.05) is 44.3 Å². The zero-order valence-electron chi connectivity index (χ0n) is 13.5. The first-order chi connectivity index (χ1) is 9.85. The molecule has 0 aromatic heterocycles. The Hall–Kier alpha value is -0.713. The van der Waals surface area contributed by atoms with E-state index in [1.54, 1.807) is 5.19 Å². The Morgan fingerprint density at radius 1 is 1.05 bits per heavy atom. The molecular formula is C19H25ClSi. The van der Waals surface area contributed by atoms with Crippen LogP contribution in [0.4, 0.5) is 0 Å².